The van der Waals surface area contributed by atoms with Crippen LogP contribution in [0.2, 0.25) is 0 Å². The topological polar surface area (TPSA) is 29.5 Å². The molecule has 0 saturated heterocycles. The Balaban J connectivity index is 1.66. The maximum Gasteiger partial charge on any atom is 0.293 e. The van der Waals surface area contributed by atoms with Gasteiger partial charge in [-0.05, 0) is 48.2 Å². The summed E-state index contributed by atoms with van der Waals surface area (Å²) < 4.78 is 14.3. The second kappa shape index (κ2) is 7.30. The molecule has 0 unspecified atom stereocenters. The minimum Gasteiger partial charge on any atom is -0.508 e. The van der Waals surface area contributed by atoms with Crippen molar-refractivity contribution in [2.75, 3.05) is 0 Å². The van der Waals surface area contributed by atoms with Crippen molar-refractivity contribution in [2.45, 2.75) is 44.3 Å². The summed E-state index contributed by atoms with van der Waals surface area (Å²) in [5.41, 5.74) is 2.49. The summed E-state index contributed by atoms with van der Waals surface area (Å²) in [5.74, 6) is 1.01. The molecule has 1 fully saturated rings. The highest BCUT2D eigenvalue weighted by atomic mass is 79.9. The molecule has 2 nitrogen and oxygen atoms in total. The SMILES string of the molecule is [3H]Oc1ccc([C@H]2CCCC[C@@H]2OCc2ccc(Br)cc2)cc1. The second-order valence-corrected chi connectivity index (χ2v) is 6.85. The first-order chi connectivity index (χ1) is 11.3. The zero-order chi connectivity index (χ0) is 16.1. The molecule has 116 valence electrons. The number of rotatable bonds is 5. The highest BCUT2D eigenvalue weighted by Gasteiger charge is 2.27. The molecular weight excluding hydrogens is 340 g/mol. The van der Waals surface area contributed by atoms with Crippen molar-refractivity contribution in [3.63, 3.8) is 0 Å². The van der Waals surface area contributed by atoms with Gasteiger partial charge in [0.1, 0.15) is 5.75 Å². The summed E-state index contributed by atoms with van der Waals surface area (Å²) in [6.45, 7) is 0.655. The largest absolute Gasteiger partial charge is 0.508 e. The van der Waals surface area contributed by atoms with E-state index in [0.29, 0.717) is 18.3 Å². The van der Waals surface area contributed by atoms with Crippen LogP contribution in [0.15, 0.2) is 53.0 Å². The number of hydrogen-bond donors (Lipinski definition) is 1. The van der Waals surface area contributed by atoms with E-state index in [2.05, 4.69) is 57.4 Å². The smallest absolute Gasteiger partial charge is 0.293 e. The van der Waals surface area contributed by atoms with Crippen LogP contribution in [0.4, 0.5) is 0 Å². The number of ether oxygens (including phenoxy) is 1. The first-order valence-corrected chi connectivity index (χ1v) is 8.65. The molecule has 1 saturated carbocycles. The van der Waals surface area contributed by atoms with E-state index in [-0.39, 0.29) is 6.10 Å². The fourth-order valence-electron chi connectivity index (χ4n) is 3.18. The summed E-state index contributed by atoms with van der Waals surface area (Å²) in [7, 11) is 0. The van der Waals surface area contributed by atoms with Crippen LogP contribution in [0, 0.1) is 0 Å². The summed E-state index contributed by atoms with van der Waals surface area (Å²) in [6.07, 6.45) is 5.01. The minimum absolute atomic E-state index is 0.259. The van der Waals surface area contributed by atoms with Gasteiger partial charge in [0.25, 0.3) is 1.43 Å². The number of aromatic hydroxyl groups is 1. The Labute approximate surface area is 141 Å². The average molecular weight is 363 g/mol. The molecular formula is C19H21BrO2. The molecule has 0 aromatic heterocycles. The molecule has 0 radical (unpaired) electrons. The molecule has 3 heteroatoms. The van der Waals surface area contributed by atoms with E-state index in [1.54, 1.807) is 0 Å². The van der Waals surface area contributed by atoms with E-state index in [4.69, 9.17) is 6.17 Å². The van der Waals surface area contributed by atoms with Crippen molar-refractivity contribution < 1.29 is 9.85 Å². The minimum atomic E-state index is 0.259. The third-order valence-corrected chi connectivity index (χ3v) is 4.92. The van der Waals surface area contributed by atoms with Gasteiger partial charge in [0.05, 0.1) is 12.7 Å². The third kappa shape index (κ3) is 3.90. The Kier molecular flexibility index (Phi) is 4.74. The Bertz CT molecular complexity index is 612. The maximum absolute atomic E-state index is 6.95. The van der Waals surface area contributed by atoms with Crippen LogP contribution < -0.4 is 0 Å². The van der Waals surface area contributed by atoms with Crippen molar-refractivity contribution >= 4 is 15.9 Å². The first-order valence-electron chi connectivity index (χ1n) is 8.26. The molecule has 0 heterocycles. The monoisotopic (exact) mass is 362 g/mol. The highest BCUT2D eigenvalue weighted by Crippen LogP contribution is 2.36. The van der Waals surface area contributed by atoms with Crippen LogP contribution in [0.25, 0.3) is 0 Å². The van der Waals surface area contributed by atoms with Gasteiger partial charge in [-0.3, -0.25) is 0 Å². The molecule has 1 N–H and O–H groups in total. The Hall–Kier alpha value is -1.32. The van der Waals surface area contributed by atoms with Crippen LogP contribution in [0.3, 0.4) is 0 Å². The van der Waals surface area contributed by atoms with Crippen molar-refractivity contribution in [2.24, 2.45) is 0 Å². The number of hydrogen-bond acceptors (Lipinski definition) is 2. The Morgan fingerprint density at radius 2 is 1.77 bits per heavy atom. The molecule has 2 aromatic rings. The van der Waals surface area contributed by atoms with Crippen LogP contribution in [-0.4, -0.2) is 12.6 Å². The molecule has 0 amide bonds. The third-order valence-electron chi connectivity index (χ3n) is 4.39. The van der Waals surface area contributed by atoms with Crippen molar-refractivity contribution in [1.82, 2.24) is 0 Å². The van der Waals surface area contributed by atoms with E-state index in [1.165, 1.54) is 24.0 Å². The molecule has 2 aromatic carbocycles. The van der Waals surface area contributed by atoms with Gasteiger partial charge in [0.2, 0.25) is 0 Å². The van der Waals surface area contributed by atoms with Gasteiger partial charge >= 0.3 is 0 Å². The molecule has 1 aliphatic rings. The lowest BCUT2D eigenvalue weighted by molar-refractivity contribution is 0.00197. The van der Waals surface area contributed by atoms with Crippen LogP contribution in [0.1, 0.15) is 42.7 Å². The summed E-state index contributed by atoms with van der Waals surface area (Å²) >= 11 is 3.46. The predicted octanol–water partition coefficient (Wildman–Crippen LogP) is 5.40. The number of phenols is 1. The average Bonchev–Trinajstić information content (AvgIpc) is 2.62. The van der Waals surface area contributed by atoms with E-state index >= 15 is 0 Å². The fraction of sp³-hybridized carbons (Fsp3) is 0.368. The molecule has 0 bridgehead atoms. The Morgan fingerprint density at radius 1 is 1.05 bits per heavy atom. The highest BCUT2D eigenvalue weighted by molar-refractivity contribution is 9.10. The molecule has 2 atom stereocenters. The van der Waals surface area contributed by atoms with Gasteiger partial charge in [0, 0.05) is 10.4 Å². The summed E-state index contributed by atoms with van der Waals surface area (Å²) in [4.78, 5) is 0. The van der Waals surface area contributed by atoms with E-state index < -0.39 is 0 Å². The van der Waals surface area contributed by atoms with Gasteiger partial charge in [-0.1, -0.05) is 53.0 Å². The van der Waals surface area contributed by atoms with Crippen LogP contribution in [-0.2, 0) is 11.3 Å². The second-order valence-electron chi connectivity index (χ2n) is 5.94. The van der Waals surface area contributed by atoms with Crippen molar-refractivity contribution in [3.05, 3.63) is 64.1 Å². The molecule has 0 aliphatic heterocycles. The quantitative estimate of drug-likeness (QED) is 0.771. The van der Waals surface area contributed by atoms with Gasteiger partial charge in [-0.2, -0.15) is 0 Å². The first kappa shape index (κ1) is 14.3. The Morgan fingerprint density at radius 3 is 2.50 bits per heavy atom. The molecule has 22 heavy (non-hydrogen) atoms. The number of benzene rings is 2. The fourth-order valence-corrected chi connectivity index (χ4v) is 3.44. The lowest BCUT2D eigenvalue weighted by atomic mass is 9.81. The lowest BCUT2D eigenvalue weighted by Gasteiger charge is -2.32. The zero-order valence-electron chi connectivity index (χ0n) is 13.5. The van der Waals surface area contributed by atoms with Crippen molar-refractivity contribution in [3.8, 4) is 5.75 Å². The summed E-state index contributed by atoms with van der Waals surface area (Å²) in [5, 5.41) is 4.51. The number of halogens is 1. The predicted molar refractivity (Wildman–Crippen MR) is 92.0 cm³/mol. The van der Waals surface area contributed by atoms with Crippen molar-refractivity contribution in [1.29, 1.82) is 1.43 Å². The standard InChI is InChI=1S/C19H21BrO2/c20-16-9-5-14(6-10-16)13-22-19-4-2-1-3-18(19)15-7-11-17(21)12-8-15/h5-12,18-19,21H,1-4,13H2/t18-,19+/m1/s1/i/hT. The van der Waals surface area contributed by atoms with Gasteiger partial charge in [0.15, 0.2) is 0 Å². The maximum atomic E-state index is 6.95. The van der Waals surface area contributed by atoms with Gasteiger partial charge in [-0.15, -0.1) is 0 Å². The van der Waals surface area contributed by atoms with E-state index in [1.807, 2.05) is 12.1 Å². The molecule has 3 rings (SSSR count). The molecule has 0 spiro atoms. The normalized spacial score (nSPS) is 22.1. The molecule has 1 aliphatic carbocycles. The van der Waals surface area contributed by atoms with Crippen LogP contribution >= 0.6 is 15.9 Å². The number of phenolic OH excluding ortho intramolecular Hbond substituents is 1. The zero-order valence-corrected chi connectivity index (χ0v) is 14.1. The van der Waals surface area contributed by atoms with Crippen LogP contribution in [0.5, 0.6) is 5.75 Å². The van der Waals surface area contributed by atoms with Gasteiger partial charge < -0.3 is 9.85 Å². The van der Waals surface area contributed by atoms with E-state index in [0.717, 1.165) is 17.3 Å². The summed E-state index contributed by atoms with van der Waals surface area (Å²) in [6, 6.07) is 16.2. The van der Waals surface area contributed by atoms with Gasteiger partial charge in [-0.25, -0.2) is 0 Å². The lowest BCUT2D eigenvalue weighted by Crippen LogP contribution is -2.26. The van der Waals surface area contributed by atoms with E-state index in [9.17, 15) is 0 Å².